The summed E-state index contributed by atoms with van der Waals surface area (Å²) in [6, 6.07) is 11.0. The number of benzene rings is 1. The number of hydrogen-bond acceptors (Lipinski definition) is 3. The molecule has 3 atom stereocenters. The maximum absolute atomic E-state index is 6.03. The van der Waals surface area contributed by atoms with Crippen molar-refractivity contribution < 1.29 is 4.74 Å². The molecule has 3 unspecified atom stereocenters. The zero-order valence-corrected chi connectivity index (χ0v) is 13.2. The Bertz CT molecular complexity index is 477. The average Bonchev–Trinajstić information content (AvgIpc) is 2.53. The van der Waals surface area contributed by atoms with Crippen LogP contribution in [0, 0.1) is 0 Å². The second-order valence-corrected chi connectivity index (χ2v) is 6.59. The molecule has 2 aliphatic rings. The molecule has 1 saturated heterocycles. The summed E-state index contributed by atoms with van der Waals surface area (Å²) in [5, 5.41) is 0. The largest absolute Gasteiger partial charge is 0.393 e. The number of ether oxygens (including phenoxy) is 1. The van der Waals surface area contributed by atoms with Crippen LogP contribution in [0.15, 0.2) is 30.3 Å². The van der Waals surface area contributed by atoms with E-state index < -0.39 is 0 Å². The first-order valence-corrected chi connectivity index (χ1v) is 8.36. The van der Waals surface area contributed by atoms with Crippen molar-refractivity contribution in [2.24, 2.45) is 5.73 Å². The molecule has 1 aliphatic carbocycles. The first kappa shape index (κ1) is 14.9. The van der Waals surface area contributed by atoms with Gasteiger partial charge in [0.05, 0.1) is 17.7 Å². The number of rotatable bonds is 4. The van der Waals surface area contributed by atoms with Gasteiger partial charge >= 0.3 is 0 Å². The molecule has 0 aromatic heterocycles. The van der Waals surface area contributed by atoms with Crippen LogP contribution in [-0.4, -0.2) is 41.7 Å². The Morgan fingerprint density at radius 3 is 2.81 bits per heavy atom. The minimum absolute atomic E-state index is 0.141. The predicted molar refractivity (Wildman–Crippen MR) is 89.5 cm³/mol. The summed E-state index contributed by atoms with van der Waals surface area (Å²) < 4.78 is 5.95. The summed E-state index contributed by atoms with van der Waals surface area (Å²) in [7, 11) is 0. The Balaban J connectivity index is 1.74. The van der Waals surface area contributed by atoms with Gasteiger partial charge in [-0.25, -0.2) is 0 Å². The van der Waals surface area contributed by atoms with Crippen LogP contribution in [0.2, 0.25) is 0 Å². The Hall–Kier alpha value is -0.970. The molecular weight excluding hydrogens is 280 g/mol. The van der Waals surface area contributed by atoms with Crippen molar-refractivity contribution in [2.75, 3.05) is 19.7 Å². The van der Waals surface area contributed by atoms with Gasteiger partial charge in [-0.2, -0.15) is 0 Å². The third-order valence-corrected chi connectivity index (χ3v) is 5.09. The van der Waals surface area contributed by atoms with Crippen molar-refractivity contribution in [3.63, 3.8) is 0 Å². The highest BCUT2D eigenvalue weighted by molar-refractivity contribution is 7.80. The minimum Gasteiger partial charge on any atom is -0.393 e. The van der Waals surface area contributed by atoms with Gasteiger partial charge in [0, 0.05) is 25.0 Å². The molecule has 1 aromatic rings. The van der Waals surface area contributed by atoms with E-state index >= 15 is 0 Å². The second-order valence-electron chi connectivity index (χ2n) is 6.12. The molecule has 0 spiro atoms. The van der Waals surface area contributed by atoms with Crippen LogP contribution < -0.4 is 5.73 Å². The monoisotopic (exact) mass is 304 g/mol. The Morgan fingerprint density at radius 2 is 2.05 bits per heavy atom. The van der Waals surface area contributed by atoms with Crippen molar-refractivity contribution in [3.05, 3.63) is 35.9 Å². The summed E-state index contributed by atoms with van der Waals surface area (Å²) in [6.07, 6.45) is 5.46. The molecular formula is C17H24N2OS. The summed E-state index contributed by atoms with van der Waals surface area (Å²) in [6.45, 7) is 2.75. The van der Waals surface area contributed by atoms with E-state index in [4.69, 9.17) is 22.7 Å². The van der Waals surface area contributed by atoms with E-state index in [9.17, 15) is 0 Å². The maximum Gasteiger partial charge on any atom is 0.0816 e. The van der Waals surface area contributed by atoms with Crippen molar-refractivity contribution in [1.82, 2.24) is 4.90 Å². The van der Waals surface area contributed by atoms with Crippen LogP contribution >= 0.6 is 12.2 Å². The molecule has 3 rings (SSSR count). The van der Waals surface area contributed by atoms with Gasteiger partial charge < -0.3 is 10.5 Å². The Kier molecular flexibility index (Phi) is 4.88. The predicted octanol–water partition coefficient (Wildman–Crippen LogP) is 2.70. The van der Waals surface area contributed by atoms with E-state index in [1.165, 1.54) is 31.2 Å². The molecule has 2 N–H and O–H groups in total. The molecule has 3 nitrogen and oxygen atoms in total. The van der Waals surface area contributed by atoms with Crippen molar-refractivity contribution in [2.45, 2.75) is 43.7 Å². The highest BCUT2D eigenvalue weighted by atomic mass is 32.1. The molecule has 1 aromatic carbocycles. The molecule has 2 fully saturated rings. The Morgan fingerprint density at radius 1 is 1.29 bits per heavy atom. The van der Waals surface area contributed by atoms with Crippen LogP contribution in [0.4, 0.5) is 0 Å². The number of nitrogens with two attached hydrogens (primary N) is 1. The van der Waals surface area contributed by atoms with Crippen molar-refractivity contribution in [1.29, 1.82) is 0 Å². The van der Waals surface area contributed by atoms with Crippen molar-refractivity contribution in [3.8, 4) is 0 Å². The molecule has 0 radical (unpaired) electrons. The summed E-state index contributed by atoms with van der Waals surface area (Å²) in [5.74, 6) is 0.141. The van der Waals surface area contributed by atoms with Gasteiger partial charge in [0.25, 0.3) is 0 Å². The number of hydrogen-bond donors (Lipinski definition) is 1. The van der Waals surface area contributed by atoms with Gasteiger partial charge in [-0.1, -0.05) is 55.4 Å². The SMILES string of the molecule is NC(=S)C(CN1CCOC2CCCCC21)c1ccccc1. The number of fused-ring (bicyclic) bond motifs is 1. The zero-order chi connectivity index (χ0) is 14.7. The quantitative estimate of drug-likeness (QED) is 0.868. The van der Waals surface area contributed by atoms with Crippen LogP contribution in [0.3, 0.4) is 0 Å². The lowest BCUT2D eigenvalue weighted by atomic mass is 9.88. The second kappa shape index (κ2) is 6.86. The van der Waals surface area contributed by atoms with Crippen LogP contribution in [0.25, 0.3) is 0 Å². The topological polar surface area (TPSA) is 38.5 Å². The summed E-state index contributed by atoms with van der Waals surface area (Å²) in [4.78, 5) is 3.16. The van der Waals surface area contributed by atoms with E-state index in [0.29, 0.717) is 17.1 Å². The van der Waals surface area contributed by atoms with Gasteiger partial charge in [-0.3, -0.25) is 4.90 Å². The lowest BCUT2D eigenvalue weighted by molar-refractivity contribution is -0.0881. The van der Waals surface area contributed by atoms with E-state index in [1.807, 2.05) is 6.07 Å². The first-order valence-electron chi connectivity index (χ1n) is 7.95. The molecule has 21 heavy (non-hydrogen) atoms. The number of thiocarbonyl (C=S) groups is 1. The molecule has 1 aliphatic heterocycles. The fourth-order valence-corrected chi connectivity index (χ4v) is 3.89. The minimum atomic E-state index is 0.141. The molecule has 1 saturated carbocycles. The van der Waals surface area contributed by atoms with E-state index in [1.54, 1.807) is 0 Å². The smallest absolute Gasteiger partial charge is 0.0816 e. The van der Waals surface area contributed by atoms with Crippen LogP contribution in [0.5, 0.6) is 0 Å². The zero-order valence-electron chi connectivity index (χ0n) is 12.4. The lowest BCUT2D eigenvalue weighted by Gasteiger charge is -2.45. The number of nitrogens with zero attached hydrogens (tertiary/aromatic N) is 1. The fraction of sp³-hybridized carbons (Fsp3) is 0.588. The summed E-state index contributed by atoms with van der Waals surface area (Å²) in [5.41, 5.74) is 7.25. The van der Waals surface area contributed by atoms with Gasteiger partial charge in [-0.15, -0.1) is 0 Å². The first-order chi connectivity index (χ1) is 10.3. The molecule has 4 heteroatoms. The van der Waals surface area contributed by atoms with Crippen LogP contribution in [-0.2, 0) is 4.74 Å². The summed E-state index contributed by atoms with van der Waals surface area (Å²) >= 11 is 5.33. The molecule has 0 bridgehead atoms. The van der Waals surface area contributed by atoms with Gasteiger partial charge in [0.1, 0.15) is 0 Å². The highest BCUT2D eigenvalue weighted by Gasteiger charge is 2.35. The third-order valence-electron chi connectivity index (χ3n) is 4.81. The molecule has 114 valence electrons. The Labute approximate surface area is 132 Å². The number of morpholine rings is 1. The molecule has 0 amide bonds. The standard InChI is InChI=1S/C17H24N2OS/c18-17(21)14(13-6-2-1-3-7-13)12-19-10-11-20-16-9-5-4-8-15(16)19/h1-3,6-7,14-16H,4-5,8-12H2,(H2,18,21). The third kappa shape index (κ3) is 3.44. The fourth-order valence-electron chi connectivity index (χ4n) is 3.68. The maximum atomic E-state index is 6.03. The van der Waals surface area contributed by atoms with Crippen LogP contribution in [0.1, 0.15) is 37.2 Å². The van der Waals surface area contributed by atoms with E-state index in [2.05, 4.69) is 29.2 Å². The van der Waals surface area contributed by atoms with Crippen molar-refractivity contribution >= 4 is 17.2 Å². The normalized spacial score (nSPS) is 27.8. The lowest BCUT2D eigenvalue weighted by Crippen LogP contribution is -2.54. The average molecular weight is 304 g/mol. The van der Waals surface area contributed by atoms with E-state index in [-0.39, 0.29) is 5.92 Å². The van der Waals surface area contributed by atoms with Gasteiger partial charge in [0.15, 0.2) is 0 Å². The van der Waals surface area contributed by atoms with Gasteiger partial charge in [-0.05, 0) is 18.4 Å². The van der Waals surface area contributed by atoms with E-state index in [0.717, 1.165) is 19.7 Å². The van der Waals surface area contributed by atoms with Gasteiger partial charge in [0.2, 0.25) is 0 Å². The highest BCUT2D eigenvalue weighted by Crippen LogP contribution is 2.30. The molecule has 1 heterocycles.